The Kier molecular flexibility index (Phi) is 5.32. The van der Waals surface area contributed by atoms with Crippen LogP contribution in [0.3, 0.4) is 0 Å². The summed E-state index contributed by atoms with van der Waals surface area (Å²) in [5.41, 5.74) is 2.56. The summed E-state index contributed by atoms with van der Waals surface area (Å²) in [6.45, 7) is 1.14. The van der Waals surface area contributed by atoms with Crippen molar-refractivity contribution in [1.29, 1.82) is 0 Å². The van der Waals surface area contributed by atoms with Crippen LogP contribution in [-0.4, -0.2) is 54.3 Å². The standard InChI is InChI=1S/C20H26N4O4/c1-24-18-15(20(26)22-13-6-7-28-10-13)8-14(21-17(25)11-27-2)9-16(18)23-19(24)12-4-3-5-12/h8-9,12-13H,3-7,10-11H2,1-2H3,(H,21,25)(H,22,26). The molecule has 8 heteroatoms. The molecule has 2 N–H and O–H groups in total. The highest BCUT2D eigenvalue weighted by molar-refractivity contribution is 6.08. The first-order valence-corrected chi connectivity index (χ1v) is 9.74. The maximum atomic E-state index is 13.0. The van der Waals surface area contributed by atoms with E-state index >= 15 is 0 Å². The lowest BCUT2D eigenvalue weighted by Gasteiger charge is -2.24. The number of fused-ring (bicyclic) bond motifs is 1. The minimum absolute atomic E-state index is 0.00798. The van der Waals surface area contributed by atoms with Gasteiger partial charge >= 0.3 is 0 Å². The Hall–Kier alpha value is -2.45. The summed E-state index contributed by atoms with van der Waals surface area (Å²) in [6, 6.07) is 3.54. The van der Waals surface area contributed by atoms with E-state index in [1.165, 1.54) is 13.5 Å². The number of imidazole rings is 1. The van der Waals surface area contributed by atoms with Crippen molar-refractivity contribution in [2.45, 2.75) is 37.6 Å². The summed E-state index contributed by atoms with van der Waals surface area (Å²) in [5, 5.41) is 5.84. The van der Waals surface area contributed by atoms with Crippen LogP contribution in [0.5, 0.6) is 0 Å². The molecule has 2 amide bonds. The first-order chi connectivity index (χ1) is 13.6. The molecule has 8 nitrogen and oxygen atoms in total. The zero-order valence-corrected chi connectivity index (χ0v) is 16.3. The molecule has 28 heavy (non-hydrogen) atoms. The van der Waals surface area contributed by atoms with Crippen LogP contribution in [0.25, 0.3) is 11.0 Å². The Morgan fingerprint density at radius 1 is 1.32 bits per heavy atom. The van der Waals surface area contributed by atoms with E-state index in [9.17, 15) is 9.59 Å². The SMILES string of the molecule is COCC(=O)Nc1cc(C(=O)NC2CCOC2)c2c(c1)nc(C1CCC1)n2C. The number of rotatable bonds is 6. The molecule has 1 aliphatic heterocycles. The van der Waals surface area contributed by atoms with Crippen molar-refractivity contribution in [2.75, 3.05) is 32.2 Å². The highest BCUT2D eigenvalue weighted by atomic mass is 16.5. The summed E-state index contributed by atoms with van der Waals surface area (Å²) in [4.78, 5) is 29.8. The van der Waals surface area contributed by atoms with Crippen LogP contribution >= 0.6 is 0 Å². The van der Waals surface area contributed by atoms with Gasteiger partial charge in [0, 0.05) is 32.4 Å². The van der Waals surface area contributed by atoms with Crippen molar-refractivity contribution < 1.29 is 19.1 Å². The number of amides is 2. The molecular formula is C20H26N4O4. The van der Waals surface area contributed by atoms with Gasteiger partial charge in [0.15, 0.2) is 0 Å². The number of aryl methyl sites for hydroxylation is 1. The number of ether oxygens (including phenoxy) is 2. The number of aromatic nitrogens is 2. The van der Waals surface area contributed by atoms with Gasteiger partial charge in [0.05, 0.1) is 29.2 Å². The molecule has 1 saturated heterocycles. The number of nitrogens with one attached hydrogen (secondary N) is 2. The van der Waals surface area contributed by atoms with E-state index in [0.717, 1.165) is 30.6 Å². The Morgan fingerprint density at radius 2 is 2.14 bits per heavy atom. The molecule has 2 aromatic rings. The van der Waals surface area contributed by atoms with E-state index < -0.39 is 0 Å². The van der Waals surface area contributed by atoms with Gasteiger partial charge in [-0.15, -0.1) is 0 Å². The van der Waals surface area contributed by atoms with Gasteiger partial charge in [0.25, 0.3) is 5.91 Å². The van der Waals surface area contributed by atoms with Crippen LogP contribution in [0.4, 0.5) is 5.69 Å². The summed E-state index contributed by atoms with van der Waals surface area (Å²) in [5.74, 6) is 0.988. The monoisotopic (exact) mass is 386 g/mol. The number of hydrogen-bond acceptors (Lipinski definition) is 5. The third kappa shape index (κ3) is 3.62. The molecule has 1 aliphatic carbocycles. The highest BCUT2D eigenvalue weighted by Crippen LogP contribution is 2.37. The number of nitrogens with zero attached hydrogens (tertiary/aromatic N) is 2. The molecule has 4 rings (SSSR count). The molecule has 1 aromatic carbocycles. The number of benzene rings is 1. The number of carbonyl (C=O) groups is 2. The second kappa shape index (κ2) is 7.89. The molecule has 1 unspecified atom stereocenters. The van der Waals surface area contributed by atoms with E-state index in [-0.39, 0.29) is 24.5 Å². The zero-order chi connectivity index (χ0) is 19.7. The lowest BCUT2D eigenvalue weighted by Crippen LogP contribution is -2.35. The summed E-state index contributed by atoms with van der Waals surface area (Å²) in [7, 11) is 3.43. The zero-order valence-electron chi connectivity index (χ0n) is 16.3. The van der Waals surface area contributed by atoms with Crippen LogP contribution in [-0.2, 0) is 21.3 Å². The molecule has 0 radical (unpaired) electrons. The molecule has 1 aromatic heterocycles. The summed E-state index contributed by atoms with van der Waals surface area (Å²) in [6.07, 6.45) is 4.25. The van der Waals surface area contributed by atoms with Gasteiger partial charge in [0.1, 0.15) is 12.4 Å². The number of carbonyl (C=O) groups excluding carboxylic acids is 2. The van der Waals surface area contributed by atoms with Crippen molar-refractivity contribution in [2.24, 2.45) is 7.05 Å². The fourth-order valence-electron chi connectivity index (χ4n) is 3.89. The lowest BCUT2D eigenvalue weighted by atomic mass is 9.85. The van der Waals surface area contributed by atoms with E-state index in [4.69, 9.17) is 14.5 Å². The van der Waals surface area contributed by atoms with Crippen LogP contribution < -0.4 is 10.6 Å². The van der Waals surface area contributed by atoms with Gasteiger partial charge in [-0.3, -0.25) is 9.59 Å². The molecule has 0 spiro atoms. The maximum absolute atomic E-state index is 13.0. The fourth-order valence-corrected chi connectivity index (χ4v) is 3.89. The van der Waals surface area contributed by atoms with Crippen molar-refractivity contribution in [3.05, 3.63) is 23.5 Å². The quantitative estimate of drug-likeness (QED) is 0.791. The van der Waals surface area contributed by atoms with Crippen LogP contribution in [0, 0.1) is 0 Å². The third-order valence-corrected chi connectivity index (χ3v) is 5.54. The van der Waals surface area contributed by atoms with Crippen molar-refractivity contribution in [3.8, 4) is 0 Å². The molecule has 2 heterocycles. The topological polar surface area (TPSA) is 94.5 Å². The smallest absolute Gasteiger partial charge is 0.253 e. The molecule has 2 aliphatic rings. The Morgan fingerprint density at radius 3 is 2.79 bits per heavy atom. The van der Waals surface area contributed by atoms with Gasteiger partial charge < -0.3 is 24.7 Å². The maximum Gasteiger partial charge on any atom is 0.253 e. The average molecular weight is 386 g/mol. The minimum atomic E-state index is -0.271. The van der Waals surface area contributed by atoms with Gasteiger partial charge in [-0.25, -0.2) is 4.98 Å². The molecule has 1 saturated carbocycles. The summed E-state index contributed by atoms with van der Waals surface area (Å²) < 4.78 is 12.3. The highest BCUT2D eigenvalue weighted by Gasteiger charge is 2.28. The van der Waals surface area contributed by atoms with E-state index in [1.807, 2.05) is 17.7 Å². The minimum Gasteiger partial charge on any atom is -0.379 e. The van der Waals surface area contributed by atoms with Crippen molar-refractivity contribution in [1.82, 2.24) is 14.9 Å². The third-order valence-electron chi connectivity index (χ3n) is 5.54. The largest absolute Gasteiger partial charge is 0.379 e. The number of anilines is 1. The van der Waals surface area contributed by atoms with Crippen LogP contribution in [0.2, 0.25) is 0 Å². The number of hydrogen-bond donors (Lipinski definition) is 2. The normalized spacial score (nSPS) is 19.6. The Labute approximate surface area is 163 Å². The van der Waals surface area contributed by atoms with E-state index in [1.54, 1.807) is 6.07 Å². The summed E-state index contributed by atoms with van der Waals surface area (Å²) >= 11 is 0. The molecule has 1 atom stereocenters. The van der Waals surface area contributed by atoms with Gasteiger partial charge in [-0.2, -0.15) is 0 Å². The van der Waals surface area contributed by atoms with Crippen molar-refractivity contribution >= 4 is 28.5 Å². The van der Waals surface area contributed by atoms with Gasteiger partial charge in [-0.1, -0.05) is 6.42 Å². The first kappa shape index (κ1) is 18.9. The average Bonchev–Trinajstić information content (AvgIpc) is 3.22. The molecule has 150 valence electrons. The Balaban J connectivity index is 1.73. The van der Waals surface area contributed by atoms with Crippen LogP contribution in [0.1, 0.15) is 47.8 Å². The van der Waals surface area contributed by atoms with Gasteiger partial charge in [-0.05, 0) is 31.4 Å². The predicted octanol–water partition coefficient (Wildman–Crippen LogP) is 1.94. The predicted molar refractivity (Wildman–Crippen MR) is 105 cm³/mol. The molecule has 2 fully saturated rings. The fraction of sp³-hybridized carbons (Fsp3) is 0.550. The van der Waals surface area contributed by atoms with Crippen LogP contribution in [0.15, 0.2) is 12.1 Å². The first-order valence-electron chi connectivity index (χ1n) is 9.74. The second-order valence-electron chi connectivity index (χ2n) is 7.56. The van der Waals surface area contributed by atoms with Crippen molar-refractivity contribution in [3.63, 3.8) is 0 Å². The van der Waals surface area contributed by atoms with Gasteiger partial charge in [0.2, 0.25) is 5.91 Å². The lowest BCUT2D eigenvalue weighted by molar-refractivity contribution is -0.119. The van der Waals surface area contributed by atoms with E-state index in [2.05, 4.69) is 10.6 Å². The van der Waals surface area contributed by atoms with E-state index in [0.29, 0.717) is 35.9 Å². The molecule has 0 bridgehead atoms. The number of methoxy groups -OCH3 is 1. The molecular weight excluding hydrogens is 360 g/mol. The second-order valence-corrected chi connectivity index (χ2v) is 7.56. The Bertz CT molecular complexity index is 897.